The van der Waals surface area contributed by atoms with Gasteiger partial charge in [-0.2, -0.15) is 0 Å². The fourth-order valence-corrected chi connectivity index (χ4v) is 1.38. The van der Waals surface area contributed by atoms with E-state index in [1.54, 1.807) is 0 Å². The number of carbonyl (C=O) groups is 1. The molecule has 0 spiro atoms. The van der Waals surface area contributed by atoms with Gasteiger partial charge in [-0.1, -0.05) is 6.92 Å². The fraction of sp³-hybridized carbons (Fsp3) is 0.917. The molecule has 1 atom stereocenters. The Morgan fingerprint density at radius 3 is 2.81 bits per heavy atom. The van der Waals surface area contributed by atoms with Gasteiger partial charge in [-0.3, -0.25) is 4.79 Å². The second-order valence-electron chi connectivity index (χ2n) is 4.49. The van der Waals surface area contributed by atoms with Gasteiger partial charge in [0.2, 0.25) is 5.91 Å². The molecule has 1 aliphatic carbocycles. The van der Waals surface area contributed by atoms with Gasteiger partial charge in [-0.05, 0) is 32.1 Å². The summed E-state index contributed by atoms with van der Waals surface area (Å²) in [5.41, 5.74) is 0. The van der Waals surface area contributed by atoms with E-state index >= 15 is 0 Å². The van der Waals surface area contributed by atoms with Crippen molar-refractivity contribution in [2.45, 2.75) is 39.2 Å². The monoisotopic (exact) mass is 228 g/mol. The summed E-state index contributed by atoms with van der Waals surface area (Å²) in [6, 6.07) is -0.129. The van der Waals surface area contributed by atoms with E-state index in [4.69, 9.17) is 4.74 Å². The van der Waals surface area contributed by atoms with Crippen LogP contribution in [0, 0.1) is 5.92 Å². The van der Waals surface area contributed by atoms with Gasteiger partial charge >= 0.3 is 0 Å². The molecular weight excluding hydrogens is 204 g/mol. The van der Waals surface area contributed by atoms with Crippen molar-refractivity contribution in [3.63, 3.8) is 0 Å². The summed E-state index contributed by atoms with van der Waals surface area (Å²) in [4.78, 5) is 11.5. The number of hydrogen-bond donors (Lipinski definition) is 2. The van der Waals surface area contributed by atoms with Crippen molar-refractivity contribution in [3.8, 4) is 0 Å². The second kappa shape index (κ2) is 7.63. The molecule has 0 aliphatic heterocycles. The Morgan fingerprint density at radius 2 is 2.19 bits per heavy atom. The van der Waals surface area contributed by atoms with Crippen LogP contribution in [0.15, 0.2) is 0 Å². The molecular formula is C12H24N2O2. The highest BCUT2D eigenvalue weighted by Crippen LogP contribution is 2.28. The Kier molecular flexibility index (Phi) is 6.42. The summed E-state index contributed by atoms with van der Waals surface area (Å²) in [5, 5.41) is 6.01. The zero-order chi connectivity index (χ0) is 11.8. The van der Waals surface area contributed by atoms with E-state index < -0.39 is 0 Å². The number of nitrogens with one attached hydrogen (secondary N) is 2. The number of amides is 1. The van der Waals surface area contributed by atoms with Crippen LogP contribution in [-0.4, -0.2) is 38.3 Å². The molecule has 4 nitrogen and oxygen atoms in total. The predicted molar refractivity (Wildman–Crippen MR) is 64.3 cm³/mol. The quantitative estimate of drug-likeness (QED) is 0.577. The van der Waals surface area contributed by atoms with Gasteiger partial charge in [0.1, 0.15) is 0 Å². The van der Waals surface area contributed by atoms with E-state index in [1.165, 1.54) is 12.8 Å². The SMILES string of the molecule is CCCNC(=O)C(C)NCCOCC1CC1. The van der Waals surface area contributed by atoms with Crippen molar-refractivity contribution in [1.29, 1.82) is 0 Å². The van der Waals surface area contributed by atoms with Crippen LogP contribution in [0.1, 0.15) is 33.1 Å². The highest BCUT2D eigenvalue weighted by Gasteiger charge is 2.20. The van der Waals surface area contributed by atoms with E-state index in [1.807, 2.05) is 13.8 Å². The largest absolute Gasteiger partial charge is 0.380 e. The Labute approximate surface area is 98.1 Å². The standard InChI is InChI=1S/C12H24N2O2/c1-3-6-14-12(15)10(2)13-7-8-16-9-11-4-5-11/h10-11,13H,3-9H2,1-2H3,(H,14,15). The predicted octanol–water partition coefficient (Wildman–Crippen LogP) is 0.917. The number of hydrogen-bond acceptors (Lipinski definition) is 3. The van der Waals surface area contributed by atoms with Crippen molar-refractivity contribution in [2.24, 2.45) is 5.92 Å². The molecule has 0 aromatic carbocycles. The normalized spacial score (nSPS) is 17.1. The molecule has 0 bridgehead atoms. The summed E-state index contributed by atoms with van der Waals surface area (Å²) < 4.78 is 5.47. The molecule has 0 saturated heterocycles. The maximum atomic E-state index is 11.5. The molecule has 1 amide bonds. The lowest BCUT2D eigenvalue weighted by atomic mass is 10.3. The lowest BCUT2D eigenvalue weighted by Gasteiger charge is -2.13. The molecule has 0 heterocycles. The van der Waals surface area contributed by atoms with Crippen molar-refractivity contribution in [2.75, 3.05) is 26.3 Å². The zero-order valence-electron chi connectivity index (χ0n) is 10.4. The molecule has 0 aromatic heterocycles. The Morgan fingerprint density at radius 1 is 1.44 bits per heavy atom. The minimum Gasteiger partial charge on any atom is -0.380 e. The van der Waals surface area contributed by atoms with Crippen LogP contribution in [0.4, 0.5) is 0 Å². The van der Waals surface area contributed by atoms with Crippen molar-refractivity contribution < 1.29 is 9.53 Å². The van der Waals surface area contributed by atoms with Crippen LogP contribution in [0.25, 0.3) is 0 Å². The van der Waals surface area contributed by atoms with Gasteiger partial charge in [0.05, 0.1) is 12.6 Å². The number of ether oxygens (including phenoxy) is 1. The van der Waals surface area contributed by atoms with Crippen molar-refractivity contribution in [3.05, 3.63) is 0 Å². The molecule has 16 heavy (non-hydrogen) atoms. The molecule has 1 fully saturated rings. The third-order valence-electron chi connectivity index (χ3n) is 2.69. The first kappa shape index (κ1) is 13.5. The molecule has 1 aliphatic rings. The van der Waals surface area contributed by atoms with Crippen LogP contribution in [-0.2, 0) is 9.53 Å². The molecule has 1 rings (SSSR count). The average molecular weight is 228 g/mol. The Hall–Kier alpha value is -0.610. The highest BCUT2D eigenvalue weighted by molar-refractivity contribution is 5.81. The summed E-state index contributed by atoms with van der Waals surface area (Å²) in [5.74, 6) is 0.884. The summed E-state index contributed by atoms with van der Waals surface area (Å²) in [6.45, 7) is 7.01. The Bertz CT molecular complexity index is 205. The third kappa shape index (κ3) is 6.08. The van der Waals surface area contributed by atoms with Crippen LogP contribution in [0.5, 0.6) is 0 Å². The lowest BCUT2D eigenvalue weighted by Crippen LogP contribution is -2.43. The van der Waals surface area contributed by atoms with Gasteiger partial charge in [0.25, 0.3) is 0 Å². The molecule has 2 N–H and O–H groups in total. The van der Waals surface area contributed by atoms with Gasteiger partial charge < -0.3 is 15.4 Å². The zero-order valence-corrected chi connectivity index (χ0v) is 10.4. The van der Waals surface area contributed by atoms with Gasteiger partial charge in [-0.25, -0.2) is 0 Å². The van der Waals surface area contributed by atoms with Crippen LogP contribution in [0.2, 0.25) is 0 Å². The van der Waals surface area contributed by atoms with Crippen LogP contribution in [0.3, 0.4) is 0 Å². The first-order valence-corrected chi connectivity index (χ1v) is 6.33. The number of rotatable bonds is 9. The number of carbonyl (C=O) groups excluding carboxylic acids is 1. The topological polar surface area (TPSA) is 50.4 Å². The fourth-order valence-electron chi connectivity index (χ4n) is 1.38. The Balaban J connectivity index is 1.91. The maximum Gasteiger partial charge on any atom is 0.236 e. The first-order chi connectivity index (χ1) is 7.74. The summed E-state index contributed by atoms with van der Waals surface area (Å²) >= 11 is 0. The smallest absolute Gasteiger partial charge is 0.236 e. The van der Waals surface area contributed by atoms with E-state index in [0.29, 0.717) is 6.61 Å². The third-order valence-corrected chi connectivity index (χ3v) is 2.69. The van der Waals surface area contributed by atoms with E-state index in [-0.39, 0.29) is 11.9 Å². The van der Waals surface area contributed by atoms with Crippen LogP contribution >= 0.6 is 0 Å². The maximum absolute atomic E-state index is 11.5. The average Bonchev–Trinajstić information content (AvgIpc) is 3.09. The lowest BCUT2D eigenvalue weighted by molar-refractivity contribution is -0.122. The minimum atomic E-state index is -0.129. The molecule has 4 heteroatoms. The van der Waals surface area contributed by atoms with E-state index in [0.717, 1.165) is 32.0 Å². The van der Waals surface area contributed by atoms with E-state index in [9.17, 15) is 4.79 Å². The van der Waals surface area contributed by atoms with Crippen LogP contribution < -0.4 is 10.6 Å². The summed E-state index contributed by atoms with van der Waals surface area (Å²) in [6.07, 6.45) is 3.62. The summed E-state index contributed by atoms with van der Waals surface area (Å²) in [7, 11) is 0. The van der Waals surface area contributed by atoms with Gasteiger partial charge in [0.15, 0.2) is 0 Å². The van der Waals surface area contributed by atoms with E-state index in [2.05, 4.69) is 10.6 Å². The molecule has 1 unspecified atom stereocenters. The first-order valence-electron chi connectivity index (χ1n) is 6.33. The molecule has 1 saturated carbocycles. The molecule has 0 aromatic rings. The molecule has 0 radical (unpaired) electrons. The highest BCUT2D eigenvalue weighted by atomic mass is 16.5. The minimum absolute atomic E-state index is 0.0732. The van der Waals surface area contributed by atoms with Gasteiger partial charge in [0, 0.05) is 19.7 Å². The van der Waals surface area contributed by atoms with Gasteiger partial charge in [-0.15, -0.1) is 0 Å². The van der Waals surface area contributed by atoms with Crippen molar-refractivity contribution in [1.82, 2.24) is 10.6 Å². The molecule has 94 valence electrons. The van der Waals surface area contributed by atoms with Crippen molar-refractivity contribution >= 4 is 5.91 Å². The second-order valence-corrected chi connectivity index (χ2v) is 4.49.